The number of alkyl halides is 3. The van der Waals surface area contributed by atoms with E-state index in [4.69, 9.17) is 5.73 Å². The summed E-state index contributed by atoms with van der Waals surface area (Å²) in [6.07, 6.45) is -1.30. The molecule has 2 nitrogen and oxygen atoms in total. The van der Waals surface area contributed by atoms with Gasteiger partial charge in [0, 0.05) is 24.0 Å². The molecule has 0 aliphatic heterocycles. The minimum Gasteiger partial charge on any atom is -0.328 e. The van der Waals surface area contributed by atoms with Gasteiger partial charge < -0.3 is 5.73 Å². The Hall–Kier alpha value is -1.88. The molecule has 1 atom stereocenters. The summed E-state index contributed by atoms with van der Waals surface area (Å²) in [7, 11) is 0. The molecule has 0 amide bonds. The third-order valence-electron chi connectivity index (χ3n) is 2.95. The summed E-state index contributed by atoms with van der Waals surface area (Å²) in [4.78, 5) is 3.79. The van der Waals surface area contributed by atoms with Gasteiger partial charge in [-0.05, 0) is 30.5 Å². The lowest BCUT2D eigenvalue weighted by atomic mass is 9.99. The second kappa shape index (κ2) is 5.63. The molecule has 0 spiro atoms. The van der Waals surface area contributed by atoms with Crippen LogP contribution >= 0.6 is 0 Å². The highest BCUT2D eigenvalue weighted by Gasteiger charge is 2.33. The van der Waals surface area contributed by atoms with Crippen molar-refractivity contribution in [3.63, 3.8) is 0 Å². The zero-order valence-electron chi connectivity index (χ0n) is 11.0. The van der Waals surface area contributed by atoms with E-state index in [9.17, 15) is 13.2 Å². The molecule has 0 radical (unpaired) electrons. The minimum absolute atomic E-state index is 0.0185. The molecule has 1 unspecified atom stereocenters. The highest BCUT2D eigenvalue weighted by Crippen LogP contribution is 2.36. The summed E-state index contributed by atoms with van der Waals surface area (Å²) in [5, 5.41) is 0. The van der Waals surface area contributed by atoms with Gasteiger partial charge in [-0.25, -0.2) is 0 Å². The smallest absolute Gasteiger partial charge is 0.328 e. The molecule has 0 bridgehead atoms. The van der Waals surface area contributed by atoms with Gasteiger partial charge in [-0.3, -0.25) is 4.98 Å². The summed E-state index contributed by atoms with van der Waals surface area (Å²) < 4.78 is 38.8. The van der Waals surface area contributed by atoms with Crippen LogP contribution in [0.3, 0.4) is 0 Å². The Labute approximate surface area is 115 Å². The van der Waals surface area contributed by atoms with Gasteiger partial charge in [0.1, 0.15) is 0 Å². The second-order valence-electron chi connectivity index (χ2n) is 4.80. The van der Waals surface area contributed by atoms with Crippen molar-refractivity contribution >= 4 is 0 Å². The molecular formula is C15H15F3N2. The summed E-state index contributed by atoms with van der Waals surface area (Å²) >= 11 is 0. The SMILES string of the molecule is CC(N)Cc1ccc(-c2cnccc2C(F)(F)F)cc1. The Bertz CT molecular complexity index is 574. The van der Waals surface area contributed by atoms with Gasteiger partial charge in [-0.1, -0.05) is 24.3 Å². The predicted molar refractivity (Wildman–Crippen MR) is 72.0 cm³/mol. The first-order valence-corrected chi connectivity index (χ1v) is 6.24. The molecule has 0 saturated heterocycles. The quantitative estimate of drug-likeness (QED) is 0.932. The third-order valence-corrected chi connectivity index (χ3v) is 2.95. The van der Waals surface area contributed by atoms with Crippen molar-refractivity contribution < 1.29 is 13.2 Å². The maximum absolute atomic E-state index is 12.9. The standard InChI is InChI=1S/C15H15F3N2/c1-10(19)8-11-2-4-12(5-3-11)13-9-20-7-6-14(13)15(16,17)18/h2-7,9-10H,8,19H2,1H3. The van der Waals surface area contributed by atoms with Gasteiger partial charge in [0.05, 0.1) is 5.56 Å². The molecule has 2 aromatic rings. The van der Waals surface area contributed by atoms with Crippen LogP contribution in [0.5, 0.6) is 0 Å². The maximum atomic E-state index is 12.9. The van der Waals surface area contributed by atoms with E-state index >= 15 is 0 Å². The normalized spacial score (nSPS) is 13.2. The number of halogens is 3. The van der Waals surface area contributed by atoms with E-state index < -0.39 is 11.7 Å². The van der Waals surface area contributed by atoms with Gasteiger partial charge in [0.2, 0.25) is 0 Å². The predicted octanol–water partition coefficient (Wildman–Crippen LogP) is 3.66. The van der Waals surface area contributed by atoms with E-state index in [-0.39, 0.29) is 11.6 Å². The van der Waals surface area contributed by atoms with Crippen LogP contribution in [0.25, 0.3) is 11.1 Å². The molecule has 2 N–H and O–H groups in total. The highest BCUT2D eigenvalue weighted by molar-refractivity contribution is 5.67. The Morgan fingerprint density at radius 2 is 1.80 bits per heavy atom. The van der Waals surface area contributed by atoms with Crippen molar-refractivity contribution in [3.8, 4) is 11.1 Å². The fourth-order valence-electron chi connectivity index (χ4n) is 2.06. The zero-order chi connectivity index (χ0) is 14.8. The van der Waals surface area contributed by atoms with Gasteiger partial charge in [0.15, 0.2) is 0 Å². The van der Waals surface area contributed by atoms with Crippen molar-refractivity contribution in [3.05, 3.63) is 53.9 Å². The summed E-state index contributed by atoms with van der Waals surface area (Å²) in [6.45, 7) is 1.89. The van der Waals surface area contributed by atoms with E-state index in [2.05, 4.69) is 4.98 Å². The number of benzene rings is 1. The number of hydrogen-bond acceptors (Lipinski definition) is 2. The van der Waals surface area contributed by atoms with Crippen molar-refractivity contribution in [1.82, 2.24) is 4.98 Å². The lowest BCUT2D eigenvalue weighted by Crippen LogP contribution is -2.17. The average Bonchev–Trinajstić information content (AvgIpc) is 2.38. The average molecular weight is 280 g/mol. The Morgan fingerprint density at radius 3 is 2.35 bits per heavy atom. The molecule has 1 aromatic heterocycles. The molecule has 1 heterocycles. The van der Waals surface area contributed by atoms with Gasteiger partial charge in [-0.15, -0.1) is 0 Å². The highest BCUT2D eigenvalue weighted by atomic mass is 19.4. The number of nitrogens with two attached hydrogens (primary N) is 1. The number of hydrogen-bond donors (Lipinski definition) is 1. The first kappa shape index (κ1) is 14.5. The lowest BCUT2D eigenvalue weighted by molar-refractivity contribution is -0.137. The second-order valence-corrected chi connectivity index (χ2v) is 4.80. The monoisotopic (exact) mass is 280 g/mol. The van der Waals surface area contributed by atoms with Gasteiger partial charge >= 0.3 is 6.18 Å². The van der Waals surface area contributed by atoms with E-state index in [0.29, 0.717) is 12.0 Å². The first-order chi connectivity index (χ1) is 9.38. The maximum Gasteiger partial charge on any atom is 0.417 e. The molecule has 0 aliphatic carbocycles. The fraction of sp³-hybridized carbons (Fsp3) is 0.267. The van der Waals surface area contributed by atoms with E-state index in [1.807, 2.05) is 6.92 Å². The largest absolute Gasteiger partial charge is 0.417 e. The topological polar surface area (TPSA) is 38.9 Å². The number of aromatic nitrogens is 1. The minimum atomic E-state index is -4.39. The van der Waals surface area contributed by atoms with E-state index in [1.165, 1.54) is 6.20 Å². The molecule has 2 rings (SSSR count). The fourth-order valence-corrected chi connectivity index (χ4v) is 2.06. The van der Waals surface area contributed by atoms with Crippen molar-refractivity contribution in [2.75, 3.05) is 0 Å². The van der Waals surface area contributed by atoms with Crippen LogP contribution in [0.15, 0.2) is 42.7 Å². The van der Waals surface area contributed by atoms with Gasteiger partial charge in [-0.2, -0.15) is 13.2 Å². The molecular weight excluding hydrogens is 265 g/mol. The Morgan fingerprint density at radius 1 is 1.15 bits per heavy atom. The Kier molecular flexibility index (Phi) is 4.09. The van der Waals surface area contributed by atoms with Crippen LogP contribution in [0, 0.1) is 0 Å². The molecule has 5 heteroatoms. The Balaban J connectivity index is 2.37. The van der Waals surface area contributed by atoms with Crippen LogP contribution < -0.4 is 5.73 Å². The van der Waals surface area contributed by atoms with Crippen LogP contribution in [-0.4, -0.2) is 11.0 Å². The summed E-state index contributed by atoms with van der Waals surface area (Å²) in [5.74, 6) is 0. The van der Waals surface area contributed by atoms with Crippen LogP contribution in [-0.2, 0) is 12.6 Å². The van der Waals surface area contributed by atoms with Crippen molar-refractivity contribution in [2.45, 2.75) is 25.6 Å². The summed E-state index contributed by atoms with van der Waals surface area (Å²) in [5.41, 5.74) is 6.61. The third kappa shape index (κ3) is 3.36. The number of nitrogens with zero attached hydrogens (tertiary/aromatic N) is 1. The molecule has 0 fully saturated rings. The molecule has 0 saturated carbocycles. The number of rotatable bonds is 3. The van der Waals surface area contributed by atoms with Crippen LogP contribution in [0.4, 0.5) is 13.2 Å². The number of pyridine rings is 1. The van der Waals surface area contributed by atoms with E-state index in [0.717, 1.165) is 17.8 Å². The van der Waals surface area contributed by atoms with Crippen LogP contribution in [0.1, 0.15) is 18.1 Å². The van der Waals surface area contributed by atoms with Gasteiger partial charge in [0.25, 0.3) is 0 Å². The summed E-state index contributed by atoms with van der Waals surface area (Å²) in [6, 6.07) is 7.95. The van der Waals surface area contributed by atoms with E-state index in [1.54, 1.807) is 24.3 Å². The van der Waals surface area contributed by atoms with Crippen molar-refractivity contribution in [2.24, 2.45) is 5.73 Å². The first-order valence-electron chi connectivity index (χ1n) is 6.24. The molecule has 0 aliphatic rings. The zero-order valence-corrected chi connectivity index (χ0v) is 11.0. The van der Waals surface area contributed by atoms with Crippen molar-refractivity contribution in [1.29, 1.82) is 0 Å². The molecule has 20 heavy (non-hydrogen) atoms. The lowest BCUT2D eigenvalue weighted by Gasteiger charge is -2.13. The molecule has 1 aromatic carbocycles. The van der Waals surface area contributed by atoms with Crippen LogP contribution in [0.2, 0.25) is 0 Å². The molecule has 106 valence electrons.